The summed E-state index contributed by atoms with van der Waals surface area (Å²) in [6.07, 6.45) is 3.13. The summed E-state index contributed by atoms with van der Waals surface area (Å²) in [7, 11) is 0. The molecular formula is C18H15BrFNO. The highest BCUT2D eigenvalue weighted by Gasteiger charge is 2.25. The molecule has 1 atom stereocenters. The number of nitrogens with one attached hydrogen (secondary N) is 1. The molecule has 4 heteroatoms. The summed E-state index contributed by atoms with van der Waals surface area (Å²) in [4.78, 5) is 3.51. The van der Waals surface area contributed by atoms with Gasteiger partial charge in [0, 0.05) is 15.4 Å². The van der Waals surface area contributed by atoms with Crippen molar-refractivity contribution in [2.24, 2.45) is 0 Å². The van der Waals surface area contributed by atoms with Gasteiger partial charge < -0.3 is 9.72 Å². The number of hydrogen-bond acceptors (Lipinski definition) is 1. The monoisotopic (exact) mass is 359 g/mol. The number of halogens is 2. The van der Waals surface area contributed by atoms with Gasteiger partial charge in [-0.25, -0.2) is 4.39 Å². The molecule has 0 aliphatic heterocycles. The van der Waals surface area contributed by atoms with Gasteiger partial charge in [-0.2, -0.15) is 0 Å². The first-order chi connectivity index (χ1) is 10.7. The predicted octanol–water partition coefficient (Wildman–Crippen LogP) is 5.53. The van der Waals surface area contributed by atoms with Crippen LogP contribution in [-0.4, -0.2) is 4.98 Å². The Labute approximate surface area is 136 Å². The highest BCUT2D eigenvalue weighted by molar-refractivity contribution is 9.10. The number of rotatable bonds is 2. The third kappa shape index (κ3) is 2.41. The lowest BCUT2D eigenvalue weighted by molar-refractivity contribution is 0.179. The number of aromatic amines is 1. The van der Waals surface area contributed by atoms with Crippen molar-refractivity contribution < 1.29 is 9.13 Å². The Morgan fingerprint density at radius 2 is 1.95 bits per heavy atom. The maximum atomic E-state index is 13.0. The van der Waals surface area contributed by atoms with Gasteiger partial charge in [0.15, 0.2) is 0 Å². The van der Waals surface area contributed by atoms with Crippen LogP contribution in [0.4, 0.5) is 4.39 Å². The van der Waals surface area contributed by atoms with Crippen molar-refractivity contribution in [2.75, 3.05) is 0 Å². The SMILES string of the molecule is Fc1ccc(OC2CCCc3c2[nH]c2ccc(Br)cc32)cc1. The van der Waals surface area contributed by atoms with E-state index in [1.54, 1.807) is 12.1 Å². The van der Waals surface area contributed by atoms with E-state index < -0.39 is 0 Å². The third-order valence-electron chi connectivity index (χ3n) is 4.21. The van der Waals surface area contributed by atoms with Gasteiger partial charge in [0.05, 0.1) is 5.69 Å². The van der Waals surface area contributed by atoms with E-state index in [2.05, 4.69) is 33.0 Å². The lowest BCUT2D eigenvalue weighted by Crippen LogP contribution is -2.14. The first-order valence-electron chi connectivity index (χ1n) is 7.43. The third-order valence-corrected chi connectivity index (χ3v) is 4.70. The second-order valence-electron chi connectivity index (χ2n) is 5.66. The van der Waals surface area contributed by atoms with Gasteiger partial charge in [-0.05, 0) is 67.3 Å². The van der Waals surface area contributed by atoms with Crippen LogP contribution in [0.2, 0.25) is 0 Å². The zero-order valence-corrected chi connectivity index (χ0v) is 13.5. The van der Waals surface area contributed by atoms with Gasteiger partial charge in [-0.15, -0.1) is 0 Å². The predicted molar refractivity (Wildman–Crippen MR) is 88.7 cm³/mol. The Balaban J connectivity index is 1.72. The van der Waals surface area contributed by atoms with E-state index >= 15 is 0 Å². The van der Waals surface area contributed by atoms with Gasteiger partial charge in [-0.1, -0.05) is 15.9 Å². The molecule has 2 aromatic carbocycles. The zero-order valence-electron chi connectivity index (χ0n) is 11.9. The van der Waals surface area contributed by atoms with Crippen LogP contribution < -0.4 is 4.74 Å². The summed E-state index contributed by atoms with van der Waals surface area (Å²) in [5, 5.41) is 1.26. The Hall–Kier alpha value is -1.81. The summed E-state index contributed by atoms with van der Waals surface area (Å²) in [6, 6.07) is 12.5. The van der Waals surface area contributed by atoms with Gasteiger partial charge >= 0.3 is 0 Å². The summed E-state index contributed by atoms with van der Waals surface area (Å²) in [5.41, 5.74) is 3.64. The minimum Gasteiger partial charge on any atom is -0.484 e. The van der Waals surface area contributed by atoms with Crippen molar-refractivity contribution in [1.29, 1.82) is 0 Å². The molecule has 1 N–H and O–H groups in total. The summed E-state index contributed by atoms with van der Waals surface area (Å²) >= 11 is 3.54. The second-order valence-corrected chi connectivity index (χ2v) is 6.58. The van der Waals surface area contributed by atoms with E-state index in [1.807, 2.05) is 6.07 Å². The topological polar surface area (TPSA) is 25.0 Å². The van der Waals surface area contributed by atoms with Crippen LogP contribution in [0.3, 0.4) is 0 Å². The van der Waals surface area contributed by atoms with E-state index in [1.165, 1.54) is 23.1 Å². The molecule has 0 amide bonds. The van der Waals surface area contributed by atoms with Crippen molar-refractivity contribution in [1.82, 2.24) is 4.98 Å². The first kappa shape index (κ1) is 13.8. The van der Waals surface area contributed by atoms with Gasteiger partial charge in [0.25, 0.3) is 0 Å². The zero-order chi connectivity index (χ0) is 15.1. The van der Waals surface area contributed by atoms with Crippen LogP contribution >= 0.6 is 15.9 Å². The fourth-order valence-electron chi connectivity index (χ4n) is 3.19. The van der Waals surface area contributed by atoms with Crippen molar-refractivity contribution in [3.05, 3.63) is 64.0 Å². The van der Waals surface area contributed by atoms with Crippen LogP contribution in [0, 0.1) is 5.82 Å². The molecule has 0 spiro atoms. The fraction of sp³-hybridized carbons (Fsp3) is 0.222. The number of aryl methyl sites for hydroxylation is 1. The quantitative estimate of drug-likeness (QED) is 0.639. The van der Waals surface area contributed by atoms with Crippen molar-refractivity contribution >= 4 is 26.8 Å². The Kier molecular flexibility index (Phi) is 3.41. The second kappa shape index (κ2) is 5.43. The summed E-state index contributed by atoms with van der Waals surface area (Å²) in [5.74, 6) is 0.464. The molecule has 4 rings (SSSR count). The molecule has 0 radical (unpaired) electrons. The van der Waals surface area contributed by atoms with Gasteiger partial charge in [0.1, 0.15) is 17.7 Å². The molecule has 1 aromatic heterocycles. The average Bonchev–Trinajstić information content (AvgIpc) is 2.89. The number of ether oxygens (including phenoxy) is 1. The van der Waals surface area contributed by atoms with Crippen molar-refractivity contribution in [2.45, 2.75) is 25.4 Å². The molecule has 0 saturated carbocycles. The summed E-state index contributed by atoms with van der Waals surface area (Å²) in [6.45, 7) is 0. The van der Waals surface area contributed by atoms with E-state index in [9.17, 15) is 4.39 Å². The Bertz CT molecular complexity index is 825. The van der Waals surface area contributed by atoms with Gasteiger partial charge in [-0.3, -0.25) is 0 Å². The highest BCUT2D eigenvalue weighted by atomic mass is 79.9. The molecule has 112 valence electrons. The van der Waals surface area contributed by atoms with Crippen LogP contribution in [-0.2, 0) is 6.42 Å². The van der Waals surface area contributed by atoms with Crippen LogP contribution in [0.5, 0.6) is 5.75 Å². The molecule has 3 aromatic rings. The molecule has 0 fully saturated rings. The maximum Gasteiger partial charge on any atom is 0.139 e. The van der Waals surface area contributed by atoms with Crippen LogP contribution in [0.1, 0.15) is 30.2 Å². The van der Waals surface area contributed by atoms with E-state index in [0.29, 0.717) is 5.75 Å². The summed E-state index contributed by atoms with van der Waals surface area (Å²) < 4.78 is 20.2. The molecular weight excluding hydrogens is 345 g/mol. The maximum absolute atomic E-state index is 13.0. The fourth-order valence-corrected chi connectivity index (χ4v) is 3.55. The standard InChI is InChI=1S/C18H15BrFNO/c19-11-4-9-16-15(10-11)14-2-1-3-17(18(14)21-16)22-13-7-5-12(20)6-8-13/h4-10,17,21H,1-3H2. The Morgan fingerprint density at radius 1 is 1.14 bits per heavy atom. The number of aromatic nitrogens is 1. The molecule has 1 aliphatic carbocycles. The molecule has 0 bridgehead atoms. The van der Waals surface area contributed by atoms with Crippen LogP contribution in [0.15, 0.2) is 46.9 Å². The lowest BCUT2D eigenvalue weighted by Gasteiger charge is -2.24. The van der Waals surface area contributed by atoms with Crippen LogP contribution in [0.25, 0.3) is 10.9 Å². The largest absolute Gasteiger partial charge is 0.484 e. The molecule has 1 heterocycles. The molecule has 1 aliphatic rings. The lowest BCUT2D eigenvalue weighted by atomic mass is 9.93. The number of fused-ring (bicyclic) bond motifs is 3. The van der Waals surface area contributed by atoms with E-state index in [4.69, 9.17) is 4.74 Å². The number of hydrogen-bond donors (Lipinski definition) is 1. The number of benzene rings is 2. The van der Waals surface area contributed by atoms with E-state index in [-0.39, 0.29) is 11.9 Å². The minimum absolute atomic E-state index is 0.000358. The van der Waals surface area contributed by atoms with Crippen molar-refractivity contribution in [3.63, 3.8) is 0 Å². The average molecular weight is 360 g/mol. The highest BCUT2D eigenvalue weighted by Crippen LogP contribution is 2.38. The smallest absolute Gasteiger partial charge is 0.139 e. The number of H-pyrrole nitrogens is 1. The normalized spacial score (nSPS) is 17.5. The minimum atomic E-state index is -0.243. The van der Waals surface area contributed by atoms with E-state index in [0.717, 1.165) is 34.9 Å². The van der Waals surface area contributed by atoms with Gasteiger partial charge in [0.2, 0.25) is 0 Å². The first-order valence-corrected chi connectivity index (χ1v) is 8.22. The molecule has 2 nitrogen and oxygen atoms in total. The Morgan fingerprint density at radius 3 is 2.77 bits per heavy atom. The molecule has 22 heavy (non-hydrogen) atoms. The molecule has 0 saturated heterocycles. The molecule has 1 unspecified atom stereocenters. The van der Waals surface area contributed by atoms with Crippen molar-refractivity contribution in [3.8, 4) is 5.75 Å².